The third-order valence-electron chi connectivity index (χ3n) is 3.04. The molecule has 0 fully saturated rings. The van der Waals surface area contributed by atoms with E-state index in [1.54, 1.807) is 13.0 Å². The summed E-state index contributed by atoms with van der Waals surface area (Å²) in [4.78, 5) is 10.4. The highest BCUT2D eigenvalue weighted by Crippen LogP contribution is 2.22. The lowest BCUT2D eigenvalue weighted by molar-refractivity contribution is -0.155. The highest BCUT2D eigenvalue weighted by atomic mass is 16.5. The van der Waals surface area contributed by atoms with Gasteiger partial charge in [-0.2, -0.15) is 0 Å². The first-order valence-electron chi connectivity index (χ1n) is 6.12. The van der Waals surface area contributed by atoms with E-state index in [4.69, 9.17) is 9.84 Å². The summed E-state index contributed by atoms with van der Waals surface area (Å²) in [5.74, 6) is -0.910. The van der Waals surface area contributed by atoms with E-state index >= 15 is 0 Å². The van der Waals surface area contributed by atoms with Crippen LogP contribution in [0.25, 0.3) is 10.8 Å². The minimum absolute atomic E-state index is 0.461. The second kappa shape index (κ2) is 5.57. The molecule has 98 valence electrons. The molecule has 1 atom stereocenters. The first-order chi connectivity index (χ1) is 9.12. The number of hydrogen-bond acceptors (Lipinski definition) is 2. The normalized spacial score (nSPS) is 20.5. The smallest absolute Gasteiger partial charge is 0.348 e. The zero-order chi connectivity index (χ0) is 13.7. The van der Waals surface area contributed by atoms with Crippen LogP contribution in [0.1, 0.15) is 13.3 Å². The topological polar surface area (TPSA) is 46.5 Å². The van der Waals surface area contributed by atoms with Crippen molar-refractivity contribution in [3.63, 3.8) is 0 Å². The monoisotopic (exact) mass is 256 g/mol. The van der Waals surface area contributed by atoms with Gasteiger partial charge in [0.25, 0.3) is 0 Å². The van der Waals surface area contributed by atoms with Gasteiger partial charge < -0.3 is 9.84 Å². The van der Waals surface area contributed by atoms with Crippen LogP contribution in [0.3, 0.4) is 0 Å². The van der Waals surface area contributed by atoms with Crippen LogP contribution in [0.2, 0.25) is 0 Å². The maximum Gasteiger partial charge on any atom is 0.348 e. The summed E-state index contributed by atoms with van der Waals surface area (Å²) < 4.78 is 4.82. The average molecular weight is 256 g/mol. The molecule has 0 radical (unpaired) electrons. The molecule has 0 saturated carbocycles. The molecule has 1 unspecified atom stereocenters. The molecule has 2 aromatic rings. The SMILES string of the molecule is CC1(C(=O)O)CC=CO1.c1ccc2ccccc2c1. The highest BCUT2D eigenvalue weighted by molar-refractivity contribution is 5.82. The van der Waals surface area contributed by atoms with E-state index in [0.717, 1.165) is 0 Å². The van der Waals surface area contributed by atoms with Crippen LogP contribution < -0.4 is 0 Å². The molecule has 19 heavy (non-hydrogen) atoms. The maximum absolute atomic E-state index is 10.4. The van der Waals surface area contributed by atoms with Crippen LogP contribution in [0.5, 0.6) is 0 Å². The Bertz CT molecular complexity index is 528. The number of fused-ring (bicyclic) bond motifs is 1. The molecule has 1 N–H and O–H groups in total. The van der Waals surface area contributed by atoms with Gasteiger partial charge in [0, 0.05) is 6.42 Å². The zero-order valence-electron chi connectivity index (χ0n) is 10.7. The van der Waals surface area contributed by atoms with Gasteiger partial charge in [-0.05, 0) is 23.8 Å². The Labute approximate surface area is 112 Å². The van der Waals surface area contributed by atoms with Crippen molar-refractivity contribution >= 4 is 16.7 Å². The predicted octanol–water partition coefficient (Wildman–Crippen LogP) is 3.60. The quantitative estimate of drug-likeness (QED) is 0.848. The van der Waals surface area contributed by atoms with Crippen LogP contribution in [0.15, 0.2) is 60.9 Å². The molecule has 0 aromatic heterocycles. The van der Waals surface area contributed by atoms with Gasteiger partial charge in [0.05, 0.1) is 6.26 Å². The second-order valence-corrected chi connectivity index (χ2v) is 4.58. The molecule has 0 bridgehead atoms. The maximum atomic E-state index is 10.4. The number of ether oxygens (including phenoxy) is 1. The summed E-state index contributed by atoms with van der Waals surface area (Å²) in [6.07, 6.45) is 3.59. The lowest BCUT2D eigenvalue weighted by atomic mass is 10.1. The fraction of sp³-hybridized carbons (Fsp3) is 0.188. The van der Waals surface area contributed by atoms with Gasteiger partial charge in [-0.15, -0.1) is 0 Å². The molecular formula is C16H16O3. The Morgan fingerprint density at radius 3 is 1.84 bits per heavy atom. The standard InChI is InChI=1S/C10H8.C6H8O3/c1-2-6-10-8-4-3-7-9(10)5-1;1-6(5(7)8)3-2-4-9-6/h1-8H;2,4H,3H2,1H3,(H,7,8). The molecule has 0 spiro atoms. The Kier molecular flexibility index (Phi) is 3.85. The van der Waals surface area contributed by atoms with Crippen LogP contribution >= 0.6 is 0 Å². The molecule has 1 aliphatic heterocycles. The zero-order valence-corrected chi connectivity index (χ0v) is 10.7. The number of carboxylic acid groups (broad SMARTS) is 1. The van der Waals surface area contributed by atoms with Crippen molar-refractivity contribution in [1.29, 1.82) is 0 Å². The molecule has 0 amide bonds. The number of hydrogen-bond donors (Lipinski definition) is 1. The molecule has 1 heterocycles. The predicted molar refractivity (Wildman–Crippen MR) is 74.8 cm³/mol. The van der Waals surface area contributed by atoms with Gasteiger partial charge in [-0.1, -0.05) is 48.5 Å². The van der Waals surface area contributed by atoms with Gasteiger partial charge in [0.2, 0.25) is 5.60 Å². The van der Waals surface area contributed by atoms with Crippen LogP contribution in [0.4, 0.5) is 0 Å². The van der Waals surface area contributed by atoms with Crippen molar-refractivity contribution in [3.8, 4) is 0 Å². The van der Waals surface area contributed by atoms with E-state index in [9.17, 15) is 4.79 Å². The van der Waals surface area contributed by atoms with E-state index in [0.29, 0.717) is 6.42 Å². The first-order valence-corrected chi connectivity index (χ1v) is 6.12. The summed E-state index contributed by atoms with van der Waals surface area (Å²) >= 11 is 0. The molecule has 1 aliphatic rings. The Balaban J connectivity index is 0.000000141. The van der Waals surface area contributed by atoms with Gasteiger partial charge >= 0.3 is 5.97 Å². The molecule has 3 heteroatoms. The minimum atomic E-state index is -1.00. The third kappa shape index (κ3) is 3.13. The Morgan fingerprint density at radius 2 is 1.58 bits per heavy atom. The van der Waals surface area contributed by atoms with Crippen molar-refractivity contribution < 1.29 is 14.6 Å². The van der Waals surface area contributed by atoms with Gasteiger partial charge in [0.15, 0.2) is 0 Å². The fourth-order valence-electron chi connectivity index (χ4n) is 1.79. The summed E-state index contributed by atoms with van der Waals surface area (Å²) in [6.45, 7) is 1.55. The van der Waals surface area contributed by atoms with Crippen LogP contribution in [-0.2, 0) is 9.53 Å². The first kappa shape index (κ1) is 13.1. The van der Waals surface area contributed by atoms with E-state index < -0.39 is 11.6 Å². The second-order valence-electron chi connectivity index (χ2n) is 4.58. The number of aliphatic carboxylic acids is 1. The highest BCUT2D eigenvalue weighted by Gasteiger charge is 2.35. The average Bonchev–Trinajstić information content (AvgIpc) is 2.88. The number of carbonyl (C=O) groups is 1. The molecule has 0 saturated heterocycles. The van der Waals surface area contributed by atoms with E-state index in [-0.39, 0.29) is 0 Å². The molecule has 3 nitrogen and oxygen atoms in total. The lowest BCUT2D eigenvalue weighted by Crippen LogP contribution is -2.33. The Morgan fingerprint density at radius 1 is 1.11 bits per heavy atom. The summed E-state index contributed by atoms with van der Waals surface area (Å²) in [7, 11) is 0. The van der Waals surface area contributed by atoms with E-state index in [1.807, 2.05) is 0 Å². The molecule has 3 rings (SSSR count). The Hall–Kier alpha value is -2.29. The third-order valence-corrected chi connectivity index (χ3v) is 3.04. The van der Waals surface area contributed by atoms with Crippen molar-refractivity contribution in [1.82, 2.24) is 0 Å². The number of rotatable bonds is 1. The van der Waals surface area contributed by atoms with Crippen molar-refractivity contribution in [2.45, 2.75) is 18.9 Å². The van der Waals surface area contributed by atoms with E-state index in [1.165, 1.54) is 17.0 Å². The van der Waals surface area contributed by atoms with Gasteiger partial charge in [-0.3, -0.25) is 0 Å². The summed E-state index contributed by atoms with van der Waals surface area (Å²) in [5.41, 5.74) is -1.00. The molecular weight excluding hydrogens is 240 g/mol. The fourth-order valence-corrected chi connectivity index (χ4v) is 1.79. The minimum Gasteiger partial charge on any atom is -0.483 e. The van der Waals surface area contributed by atoms with Crippen molar-refractivity contribution in [3.05, 3.63) is 60.9 Å². The van der Waals surface area contributed by atoms with Crippen molar-refractivity contribution in [2.24, 2.45) is 0 Å². The van der Waals surface area contributed by atoms with Gasteiger partial charge in [-0.25, -0.2) is 4.79 Å². The summed E-state index contributed by atoms with van der Waals surface area (Å²) in [6, 6.07) is 16.7. The van der Waals surface area contributed by atoms with Crippen LogP contribution in [0, 0.1) is 0 Å². The summed E-state index contributed by atoms with van der Waals surface area (Å²) in [5, 5.41) is 11.1. The molecule has 2 aromatic carbocycles. The number of carboxylic acids is 1. The lowest BCUT2D eigenvalue weighted by Gasteiger charge is -2.16. The van der Waals surface area contributed by atoms with E-state index in [2.05, 4.69) is 48.5 Å². The molecule has 0 aliphatic carbocycles. The van der Waals surface area contributed by atoms with Crippen LogP contribution in [-0.4, -0.2) is 16.7 Å². The van der Waals surface area contributed by atoms with Gasteiger partial charge in [0.1, 0.15) is 0 Å². The number of benzene rings is 2. The van der Waals surface area contributed by atoms with Crippen molar-refractivity contribution in [2.75, 3.05) is 0 Å². The largest absolute Gasteiger partial charge is 0.483 e.